The van der Waals surface area contributed by atoms with E-state index in [0.29, 0.717) is 12.2 Å². The molecule has 90 valence electrons. The van der Waals surface area contributed by atoms with Gasteiger partial charge in [0.05, 0.1) is 19.4 Å². The minimum absolute atomic E-state index is 0.121. The van der Waals surface area contributed by atoms with E-state index >= 15 is 0 Å². The van der Waals surface area contributed by atoms with Gasteiger partial charge in [0.25, 0.3) is 0 Å². The van der Waals surface area contributed by atoms with Crippen molar-refractivity contribution in [2.45, 2.75) is 13.5 Å². The highest BCUT2D eigenvalue weighted by molar-refractivity contribution is 5.95. The average molecular weight is 236 g/mol. The molecule has 0 radical (unpaired) electrons. The Morgan fingerprint density at radius 3 is 2.88 bits per heavy atom. The number of allylic oxidation sites excluding steroid dienone is 1. The summed E-state index contributed by atoms with van der Waals surface area (Å²) in [5.74, 6) is -0.973. The van der Waals surface area contributed by atoms with Crippen molar-refractivity contribution in [3.8, 4) is 0 Å². The highest BCUT2D eigenvalue weighted by atomic mass is 16.5. The van der Waals surface area contributed by atoms with Crippen LogP contribution in [0, 0.1) is 0 Å². The first-order chi connectivity index (χ1) is 8.19. The summed E-state index contributed by atoms with van der Waals surface area (Å²) >= 11 is 0. The fraction of sp³-hybridized carbons (Fsp3) is 0.364. The Hall–Kier alpha value is -2.11. The number of imidazole rings is 1. The van der Waals surface area contributed by atoms with Crippen molar-refractivity contribution in [1.29, 1.82) is 0 Å². The van der Waals surface area contributed by atoms with E-state index in [-0.39, 0.29) is 18.1 Å². The Balaban J connectivity index is 2.44. The van der Waals surface area contributed by atoms with Crippen LogP contribution in [0.3, 0.4) is 0 Å². The number of hydrogen-bond acceptors (Lipinski definition) is 5. The van der Waals surface area contributed by atoms with E-state index in [2.05, 4.69) is 9.72 Å². The summed E-state index contributed by atoms with van der Waals surface area (Å²) in [6.45, 7) is 2.49. The predicted octanol–water partition coefficient (Wildman–Crippen LogP) is 0.873. The van der Waals surface area contributed by atoms with Gasteiger partial charge in [-0.1, -0.05) is 6.08 Å². The third kappa shape index (κ3) is 1.82. The first kappa shape index (κ1) is 11.4. The number of rotatable bonds is 3. The number of methoxy groups -OCH3 is 1. The van der Waals surface area contributed by atoms with Crippen LogP contribution in [-0.2, 0) is 16.0 Å². The van der Waals surface area contributed by atoms with Gasteiger partial charge in [0.1, 0.15) is 0 Å². The molecule has 2 rings (SSSR count). The number of fused-ring (bicyclic) bond motifs is 1. The van der Waals surface area contributed by atoms with Crippen molar-refractivity contribution in [2.24, 2.45) is 0 Å². The van der Waals surface area contributed by atoms with Crippen LogP contribution in [0.1, 0.15) is 33.7 Å². The van der Waals surface area contributed by atoms with Crippen LogP contribution in [0.5, 0.6) is 0 Å². The molecular formula is C11H12N2O4. The molecule has 0 saturated carbocycles. The summed E-state index contributed by atoms with van der Waals surface area (Å²) in [6.07, 6.45) is 3.58. The number of hydrogen-bond donors (Lipinski definition) is 0. The van der Waals surface area contributed by atoms with Crippen LogP contribution in [0.4, 0.5) is 0 Å². The molecule has 0 amide bonds. The summed E-state index contributed by atoms with van der Waals surface area (Å²) in [7, 11) is 1.27. The molecule has 0 N–H and O–H groups in total. The Kier molecular flexibility index (Phi) is 2.95. The standard InChI is InChI=1S/C11H12N2O4/c1-3-17-10(14)8-7-5-4-6-13(7)9(12-8)11(15)16-2/h4-5H,3,6H2,1-2H3. The zero-order chi connectivity index (χ0) is 12.4. The van der Waals surface area contributed by atoms with Crippen molar-refractivity contribution in [1.82, 2.24) is 9.55 Å². The predicted molar refractivity (Wildman–Crippen MR) is 58.6 cm³/mol. The second-order valence-corrected chi connectivity index (χ2v) is 3.39. The topological polar surface area (TPSA) is 70.4 Å². The second-order valence-electron chi connectivity index (χ2n) is 3.39. The third-order valence-corrected chi connectivity index (χ3v) is 2.41. The molecule has 17 heavy (non-hydrogen) atoms. The molecule has 1 aromatic rings. The molecule has 0 saturated heterocycles. The van der Waals surface area contributed by atoms with Gasteiger partial charge in [0.2, 0.25) is 5.82 Å². The van der Waals surface area contributed by atoms with Gasteiger partial charge in [-0.3, -0.25) is 0 Å². The van der Waals surface area contributed by atoms with E-state index in [9.17, 15) is 9.59 Å². The maximum absolute atomic E-state index is 11.6. The van der Waals surface area contributed by atoms with E-state index in [1.54, 1.807) is 17.6 Å². The first-order valence-corrected chi connectivity index (χ1v) is 5.21. The van der Waals surface area contributed by atoms with E-state index < -0.39 is 11.9 Å². The van der Waals surface area contributed by atoms with Crippen molar-refractivity contribution < 1.29 is 19.1 Å². The summed E-state index contributed by atoms with van der Waals surface area (Å²) in [6, 6.07) is 0. The number of carbonyl (C=O) groups excluding carboxylic acids is 2. The maximum atomic E-state index is 11.6. The van der Waals surface area contributed by atoms with Crippen LogP contribution in [0.25, 0.3) is 6.08 Å². The molecule has 1 aromatic heterocycles. The van der Waals surface area contributed by atoms with Gasteiger partial charge in [-0.05, 0) is 13.0 Å². The summed E-state index contributed by atoms with van der Waals surface area (Å²) in [5, 5.41) is 0. The summed E-state index contributed by atoms with van der Waals surface area (Å²) in [5.41, 5.74) is 0.741. The van der Waals surface area contributed by atoms with E-state index in [4.69, 9.17) is 4.74 Å². The molecule has 6 heteroatoms. The lowest BCUT2D eigenvalue weighted by molar-refractivity contribution is 0.0519. The number of ether oxygens (including phenoxy) is 2. The highest BCUT2D eigenvalue weighted by Crippen LogP contribution is 2.20. The van der Waals surface area contributed by atoms with Crippen LogP contribution < -0.4 is 0 Å². The van der Waals surface area contributed by atoms with E-state index in [1.807, 2.05) is 6.08 Å². The largest absolute Gasteiger partial charge is 0.463 e. The maximum Gasteiger partial charge on any atom is 0.374 e. The minimum atomic E-state index is -0.564. The minimum Gasteiger partial charge on any atom is -0.463 e. The third-order valence-electron chi connectivity index (χ3n) is 2.41. The van der Waals surface area contributed by atoms with Crippen molar-refractivity contribution in [2.75, 3.05) is 13.7 Å². The van der Waals surface area contributed by atoms with Crippen molar-refractivity contribution in [3.63, 3.8) is 0 Å². The Labute approximate surface area is 97.8 Å². The molecule has 0 atom stereocenters. The fourth-order valence-corrected chi connectivity index (χ4v) is 1.69. The van der Waals surface area contributed by atoms with Crippen LogP contribution >= 0.6 is 0 Å². The van der Waals surface area contributed by atoms with E-state index in [0.717, 1.165) is 0 Å². The molecule has 0 aliphatic carbocycles. The Morgan fingerprint density at radius 1 is 1.47 bits per heavy atom. The van der Waals surface area contributed by atoms with Crippen molar-refractivity contribution in [3.05, 3.63) is 23.3 Å². The summed E-state index contributed by atoms with van der Waals surface area (Å²) in [4.78, 5) is 27.1. The number of esters is 2. The Bertz CT molecular complexity index is 502. The SMILES string of the molecule is CCOC(=O)c1nc(C(=O)OC)n2c1C=CC2. The number of nitrogens with zero attached hydrogens (tertiary/aromatic N) is 2. The van der Waals surface area contributed by atoms with E-state index in [1.165, 1.54) is 7.11 Å². The average Bonchev–Trinajstić information content (AvgIpc) is 2.89. The van der Waals surface area contributed by atoms with Gasteiger partial charge in [-0.25, -0.2) is 14.6 Å². The van der Waals surface area contributed by atoms with Crippen LogP contribution in [0.15, 0.2) is 6.08 Å². The lowest BCUT2D eigenvalue weighted by Crippen LogP contribution is -2.10. The highest BCUT2D eigenvalue weighted by Gasteiger charge is 2.27. The number of aromatic nitrogens is 2. The quantitative estimate of drug-likeness (QED) is 0.728. The lowest BCUT2D eigenvalue weighted by Gasteiger charge is -2.00. The monoisotopic (exact) mass is 236 g/mol. The van der Waals surface area contributed by atoms with Crippen LogP contribution in [-0.4, -0.2) is 35.2 Å². The lowest BCUT2D eigenvalue weighted by atomic mass is 10.3. The van der Waals surface area contributed by atoms with Gasteiger partial charge in [0.15, 0.2) is 5.69 Å². The molecule has 1 aliphatic rings. The van der Waals surface area contributed by atoms with Gasteiger partial charge >= 0.3 is 11.9 Å². The zero-order valence-corrected chi connectivity index (χ0v) is 9.60. The number of carbonyl (C=O) groups is 2. The van der Waals surface area contributed by atoms with Crippen molar-refractivity contribution >= 4 is 18.0 Å². The van der Waals surface area contributed by atoms with Gasteiger partial charge < -0.3 is 14.0 Å². The second kappa shape index (κ2) is 4.40. The van der Waals surface area contributed by atoms with Gasteiger partial charge in [0, 0.05) is 6.54 Å². The zero-order valence-electron chi connectivity index (χ0n) is 9.60. The molecule has 0 unspecified atom stereocenters. The molecule has 1 aliphatic heterocycles. The summed E-state index contributed by atoms with van der Waals surface area (Å²) < 4.78 is 11.1. The normalized spacial score (nSPS) is 12.4. The molecule has 0 fully saturated rings. The first-order valence-electron chi connectivity index (χ1n) is 5.21. The molecule has 0 spiro atoms. The molecular weight excluding hydrogens is 224 g/mol. The molecule has 0 bridgehead atoms. The molecule has 2 heterocycles. The molecule has 6 nitrogen and oxygen atoms in total. The van der Waals surface area contributed by atoms with Gasteiger partial charge in [-0.15, -0.1) is 0 Å². The van der Waals surface area contributed by atoms with Crippen LogP contribution in [0.2, 0.25) is 0 Å². The van der Waals surface area contributed by atoms with Gasteiger partial charge in [-0.2, -0.15) is 0 Å². The Morgan fingerprint density at radius 2 is 2.24 bits per heavy atom. The smallest absolute Gasteiger partial charge is 0.374 e. The molecule has 0 aromatic carbocycles. The fourth-order valence-electron chi connectivity index (χ4n) is 1.69.